The lowest BCUT2D eigenvalue weighted by atomic mass is 10.1. The summed E-state index contributed by atoms with van der Waals surface area (Å²) in [7, 11) is -0.553. The van der Waals surface area contributed by atoms with Crippen molar-refractivity contribution in [2.45, 2.75) is 31.7 Å². The minimum absolute atomic E-state index is 0.421. The predicted octanol–water partition coefficient (Wildman–Crippen LogP) is 4.79. The van der Waals surface area contributed by atoms with Gasteiger partial charge in [-0.05, 0) is 39.4 Å². The molecule has 0 N–H and O–H groups in total. The minimum atomic E-state index is -4.29. The van der Waals surface area contributed by atoms with Crippen molar-refractivity contribution >= 4 is 19.7 Å². The zero-order valence-electron chi connectivity index (χ0n) is 11.7. The summed E-state index contributed by atoms with van der Waals surface area (Å²) in [6, 6.07) is 4.89. The normalized spacial score (nSPS) is 18.4. The summed E-state index contributed by atoms with van der Waals surface area (Å²) >= 11 is 1.46. The molecule has 120 valence electrons. The molecule has 1 fully saturated rings. The van der Waals surface area contributed by atoms with Crippen molar-refractivity contribution in [3.63, 3.8) is 0 Å². The lowest BCUT2D eigenvalue weighted by molar-refractivity contribution is -0.134. The van der Waals surface area contributed by atoms with Crippen molar-refractivity contribution < 1.29 is 17.6 Å². The Morgan fingerprint density at radius 3 is 2.64 bits per heavy atom. The van der Waals surface area contributed by atoms with Gasteiger partial charge in [-0.15, -0.1) is 11.3 Å². The summed E-state index contributed by atoms with van der Waals surface area (Å²) in [5.74, 6) is 0. The molecule has 8 heteroatoms. The van der Waals surface area contributed by atoms with E-state index in [1.807, 2.05) is 12.1 Å². The van der Waals surface area contributed by atoms with Crippen molar-refractivity contribution in [3.8, 4) is 10.6 Å². The Balaban J connectivity index is 1.67. The van der Waals surface area contributed by atoms with Gasteiger partial charge in [0.15, 0.2) is 0 Å². The molecule has 3 heterocycles. The highest BCUT2D eigenvalue weighted by molar-refractivity contribution is 7.27. The first-order chi connectivity index (χ1) is 10.4. The molecule has 2 aromatic rings. The Bertz CT molecular complexity index is 629. The zero-order chi connectivity index (χ0) is 15.7. The monoisotopic (exact) mass is 350 g/mol. The van der Waals surface area contributed by atoms with Crippen LogP contribution in [0.15, 0.2) is 18.2 Å². The average molecular weight is 350 g/mol. The van der Waals surface area contributed by atoms with Gasteiger partial charge in [0, 0.05) is 24.5 Å². The topological polar surface area (TPSA) is 16.1 Å². The van der Waals surface area contributed by atoms with Gasteiger partial charge in [-0.25, -0.2) is 9.14 Å². The lowest BCUT2D eigenvalue weighted by Gasteiger charge is -2.27. The predicted molar refractivity (Wildman–Crippen MR) is 81.5 cm³/mol. The molecule has 1 unspecified atom stereocenters. The molecule has 1 aliphatic rings. The van der Waals surface area contributed by atoms with E-state index in [2.05, 4.69) is 9.65 Å². The van der Waals surface area contributed by atoms with Gasteiger partial charge in [0.1, 0.15) is 6.17 Å². The van der Waals surface area contributed by atoms with Crippen LogP contribution in [0.5, 0.6) is 0 Å². The smallest absolute Gasteiger partial charge is 0.298 e. The Kier molecular flexibility index (Phi) is 4.57. The fraction of sp³-hybridized carbons (Fsp3) is 0.500. The zero-order valence-corrected chi connectivity index (χ0v) is 13.5. The molecule has 0 radical (unpaired) electrons. The van der Waals surface area contributed by atoms with Crippen LogP contribution in [0.1, 0.15) is 23.0 Å². The number of piperidine rings is 1. The minimum Gasteiger partial charge on any atom is -0.298 e. The Labute approximate surface area is 131 Å². The first kappa shape index (κ1) is 16.0. The summed E-state index contributed by atoms with van der Waals surface area (Å²) in [5.41, 5.74) is 0.421. The quantitative estimate of drug-likeness (QED) is 0.740. The Hall–Kier alpha value is -0.910. The van der Waals surface area contributed by atoms with E-state index in [1.165, 1.54) is 11.3 Å². The van der Waals surface area contributed by atoms with E-state index in [-0.39, 0.29) is 0 Å². The van der Waals surface area contributed by atoms with Gasteiger partial charge < -0.3 is 0 Å². The second-order valence-corrected chi connectivity index (χ2v) is 7.54. The molecule has 22 heavy (non-hydrogen) atoms. The summed E-state index contributed by atoms with van der Waals surface area (Å²) < 4.78 is 55.0. The van der Waals surface area contributed by atoms with Gasteiger partial charge in [0.05, 0.1) is 15.9 Å². The SMILES string of the molecule is FC1CCN(Cc2ccc(-c3cc(C(F)(F)F)[pH]n3)s2)CC1. The van der Waals surface area contributed by atoms with Crippen LogP contribution in [0.4, 0.5) is 17.6 Å². The second-order valence-electron chi connectivity index (χ2n) is 5.38. The number of aromatic nitrogens is 1. The van der Waals surface area contributed by atoms with Gasteiger partial charge in [-0.1, -0.05) is 0 Å². The molecule has 0 saturated carbocycles. The highest BCUT2D eigenvalue weighted by Gasteiger charge is 2.32. The lowest BCUT2D eigenvalue weighted by Crippen LogP contribution is -2.33. The van der Waals surface area contributed by atoms with Gasteiger partial charge in [0.2, 0.25) is 0 Å². The Morgan fingerprint density at radius 1 is 1.27 bits per heavy atom. The highest BCUT2D eigenvalue weighted by atomic mass is 32.1. The maximum Gasteiger partial charge on any atom is 0.421 e. The van der Waals surface area contributed by atoms with Gasteiger partial charge in [-0.2, -0.15) is 13.2 Å². The van der Waals surface area contributed by atoms with E-state index in [9.17, 15) is 17.6 Å². The van der Waals surface area contributed by atoms with Crippen molar-refractivity contribution in [2.24, 2.45) is 0 Å². The molecule has 2 aromatic heterocycles. The largest absolute Gasteiger partial charge is 0.421 e. The maximum absolute atomic E-state index is 13.1. The van der Waals surface area contributed by atoms with Crippen LogP contribution in [0.3, 0.4) is 0 Å². The molecule has 1 aliphatic heterocycles. The fourth-order valence-corrected chi connectivity index (χ4v) is 4.32. The van der Waals surface area contributed by atoms with Crippen LogP contribution in [0.25, 0.3) is 10.6 Å². The van der Waals surface area contributed by atoms with Crippen LogP contribution in [0, 0.1) is 0 Å². The van der Waals surface area contributed by atoms with Crippen molar-refractivity contribution in [3.05, 3.63) is 28.4 Å². The fourth-order valence-electron chi connectivity index (χ4n) is 2.47. The number of nitrogens with zero attached hydrogens (tertiary/aromatic N) is 2. The number of halogens is 4. The molecule has 3 rings (SSSR count). The molecular weight excluding hydrogens is 335 g/mol. The molecule has 1 atom stereocenters. The van der Waals surface area contributed by atoms with Crippen LogP contribution >= 0.6 is 19.7 Å². The molecule has 0 aromatic carbocycles. The standard InChI is InChI=1S/C14H15F4N2PS/c15-9-3-5-20(6-4-9)8-10-1-2-12(22-10)11-7-13(21-19-11)14(16,17)18/h1-2,7,9,21H,3-6,8H2. The number of thiophene rings is 1. The van der Waals surface area contributed by atoms with E-state index in [0.717, 1.165) is 35.5 Å². The summed E-state index contributed by atoms with van der Waals surface area (Å²) in [5, 5.41) is -0.567. The molecule has 2 nitrogen and oxygen atoms in total. The molecule has 0 spiro atoms. The van der Waals surface area contributed by atoms with Crippen LogP contribution in [-0.2, 0) is 12.7 Å². The molecule has 0 amide bonds. The third-order valence-electron chi connectivity index (χ3n) is 3.69. The third-order valence-corrected chi connectivity index (χ3v) is 5.81. The summed E-state index contributed by atoms with van der Waals surface area (Å²) in [6.07, 6.45) is -3.87. The van der Waals surface area contributed by atoms with Crippen molar-refractivity contribution in [2.75, 3.05) is 13.1 Å². The van der Waals surface area contributed by atoms with Gasteiger partial charge in [-0.3, -0.25) is 4.90 Å². The van der Waals surface area contributed by atoms with Gasteiger partial charge in [0.25, 0.3) is 0 Å². The van der Waals surface area contributed by atoms with E-state index >= 15 is 0 Å². The molecule has 0 bridgehead atoms. The summed E-state index contributed by atoms with van der Waals surface area (Å²) in [4.78, 5) is 4.02. The number of hydrogen-bond donors (Lipinski definition) is 0. The van der Waals surface area contributed by atoms with E-state index < -0.39 is 26.0 Å². The van der Waals surface area contributed by atoms with Crippen molar-refractivity contribution in [1.82, 2.24) is 9.65 Å². The first-order valence-electron chi connectivity index (χ1n) is 7.00. The van der Waals surface area contributed by atoms with E-state index in [4.69, 9.17) is 0 Å². The van der Waals surface area contributed by atoms with Crippen LogP contribution in [0.2, 0.25) is 0 Å². The molecular formula is C14H15F4N2PS. The summed E-state index contributed by atoms with van der Waals surface area (Å²) in [6.45, 7) is 2.19. The van der Waals surface area contributed by atoms with E-state index in [1.54, 1.807) is 0 Å². The van der Waals surface area contributed by atoms with Crippen molar-refractivity contribution in [1.29, 1.82) is 0 Å². The van der Waals surface area contributed by atoms with Crippen LogP contribution in [-0.4, -0.2) is 28.9 Å². The molecule has 1 saturated heterocycles. The maximum atomic E-state index is 13.1. The highest BCUT2D eigenvalue weighted by Crippen LogP contribution is 2.39. The Morgan fingerprint density at radius 2 is 2.00 bits per heavy atom. The number of hydrogen-bond acceptors (Lipinski definition) is 3. The number of likely N-dealkylation sites (tertiary alicyclic amines) is 1. The van der Waals surface area contributed by atoms with Crippen LogP contribution < -0.4 is 0 Å². The van der Waals surface area contributed by atoms with E-state index in [0.29, 0.717) is 18.5 Å². The number of rotatable bonds is 3. The second kappa shape index (κ2) is 6.30. The molecule has 0 aliphatic carbocycles. The number of alkyl halides is 4. The first-order valence-corrected chi connectivity index (χ1v) is 8.76. The van der Waals surface area contributed by atoms with Gasteiger partial charge >= 0.3 is 6.18 Å². The third kappa shape index (κ3) is 3.70. The average Bonchev–Trinajstić information content (AvgIpc) is 3.09.